The van der Waals surface area contributed by atoms with Gasteiger partial charge in [0.1, 0.15) is 5.58 Å². The van der Waals surface area contributed by atoms with Crippen LogP contribution < -0.4 is 0 Å². The van der Waals surface area contributed by atoms with Crippen molar-refractivity contribution >= 4 is 32.7 Å². The van der Waals surface area contributed by atoms with Crippen molar-refractivity contribution in [1.82, 2.24) is 9.97 Å². The number of aryl methyl sites for hydroxylation is 5. The number of pyridine rings is 2. The second kappa shape index (κ2) is 13.5. The summed E-state index contributed by atoms with van der Waals surface area (Å²) in [6.07, 6.45) is 2.16. The molecule has 8 rings (SSSR count). The van der Waals surface area contributed by atoms with Crippen LogP contribution in [0.15, 0.2) is 120 Å². The molecule has 5 aromatic carbocycles. The molecule has 0 amide bonds. The van der Waals surface area contributed by atoms with E-state index in [-0.39, 0.29) is 53.6 Å². The van der Waals surface area contributed by atoms with E-state index in [4.69, 9.17) is 25.0 Å². The molecule has 0 N–H and O–H groups in total. The average molecular weight is 802 g/mol. The summed E-state index contributed by atoms with van der Waals surface area (Å²) >= 11 is 0. The second-order valence-electron chi connectivity index (χ2n) is 10.6. The van der Waals surface area contributed by atoms with Gasteiger partial charge < -0.3 is 14.4 Å². The molecule has 47 heavy (non-hydrogen) atoms. The van der Waals surface area contributed by atoms with Gasteiger partial charge in [-0.1, -0.05) is 113 Å². The number of benzene rings is 5. The van der Waals surface area contributed by atoms with E-state index in [1.54, 1.807) is 36.4 Å². The molecule has 0 unspecified atom stereocenters. The zero-order chi connectivity index (χ0) is 44.3. The molecule has 3 heterocycles. The van der Waals surface area contributed by atoms with Gasteiger partial charge in [0.15, 0.2) is 0 Å². The molecular formula is C43H34IrN2O-2. The van der Waals surface area contributed by atoms with Crippen LogP contribution in [0.4, 0.5) is 0 Å². The standard InChI is InChI=1S/C23H16NO.C20H18N.Ir/c1-14-12-21(24-13-15(14)2)20-9-5-8-18-19-11-10-16-6-3-4-7-17(16)22(19)25-23(18)20;1-14-9-10-18(20-11-15(2)16(3)13-21-20)12-19(14)17-7-5-4-6-8-17;/h3-8,10-13H,1-2H3;4-9,11-13H,1-3H3;/q2*-1;/i1D3,2D3;1D3,2D3,3D3;. The van der Waals surface area contributed by atoms with Gasteiger partial charge >= 0.3 is 0 Å². The Morgan fingerprint density at radius 2 is 1.28 bits per heavy atom. The molecule has 3 aromatic heterocycles. The minimum Gasteiger partial charge on any atom is -0.500 e. The monoisotopic (exact) mass is 802 g/mol. The van der Waals surface area contributed by atoms with Crippen LogP contribution in [0.1, 0.15) is 48.4 Å². The van der Waals surface area contributed by atoms with E-state index in [0.29, 0.717) is 33.5 Å². The summed E-state index contributed by atoms with van der Waals surface area (Å²) in [6.45, 7) is -12.8. The maximum Gasteiger partial charge on any atom is 0.128 e. The van der Waals surface area contributed by atoms with Gasteiger partial charge in [0.2, 0.25) is 0 Å². The smallest absolute Gasteiger partial charge is 0.128 e. The van der Waals surface area contributed by atoms with E-state index in [1.165, 1.54) is 18.2 Å². The normalized spacial score (nSPS) is 17.0. The van der Waals surface area contributed by atoms with Gasteiger partial charge in [-0.15, -0.1) is 47.5 Å². The Morgan fingerprint density at radius 1 is 0.596 bits per heavy atom. The van der Waals surface area contributed by atoms with Crippen molar-refractivity contribution in [3.8, 4) is 33.6 Å². The fraction of sp³-hybridized carbons (Fsp3) is 0.116. The first kappa shape index (κ1) is 18.4. The van der Waals surface area contributed by atoms with Crippen LogP contribution in [0.5, 0.6) is 0 Å². The van der Waals surface area contributed by atoms with Crippen LogP contribution in [0.2, 0.25) is 0 Å². The first-order valence-electron chi connectivity index (χ1n) is 21.8. The molecule has 0 atom stereocenters. The fourth-order valence-electron chi connectivity index (χ4n) is 5.35. The summed E-state index contributed by atoms with van der Waals surface area (Å²) in [5, 5.41) is 3.80. The molecule has 0 fully saturated rings. The van der Waals surface area contributed by atoms with E-state index in [1.807, 2.05) is 48.5 Å². The summed E-state index contributed by atoms with van der Waals surface area (Å²) in [6, 6.07) is 35.9. The number of rotatable bonds is 3. The quantitative estimate of drug-likeness (QED) is 0.167. The van der Waals surface area contributed by atoms with Crippen LogP contribution in [-0.4, -0.2) is 9.97 Å². The minimum absolute atomic E-state index is 0. The van der Waals surface area contributed by atoms with Gasteiger partial charge in [-0.2, -0.15) is 0 Å². The van der Waals surface area contributed by atoms with Crippen LogP contribution in [0, 0.1) is 46.4 Å². The molecule has 233 valence electrons. The Kier molecular flexibility index (Phi) is 5.28. The van der Waals surface area contributed by atoms with Crippen molar-refractivity contribution in [1.29, 1.82) is 0 Å². The predicted molar refractivity (Wildman–Crippen MR) is 191 cm³/mol. The molecule has 1 radical (unpaired) electrons. The molecule has 0 bridgehead atoms. The van der Waals surface area contributed by atoms with Crippen molar-refractivity contribution in [2.24, 2.45) is 0 Å². The summed E-state index contributed by atoms with van der Waals surface area (Å²) in [5.41, 5.74) is 2.65. The third-order valence-corrected chi connectivity index (χ3v) is 7.70. The molecule has 0 aliphatic heterocycles. The maximum atomic E-state index is 7.82. The van der Waals surface area contributed by atoms with Crippen LogP contribution in [0.3, 0.4) is 0 Å². The molecule has 0 saturated heterocycles. The molecule has 0 saturated carbocycles. The number of aromatic nitrogens is 2. The predicted octanol–water partition coefficient (Wildman–Crippen LogP) is 11.4. The van der Waals surface area contributed by atoms with Gasteiger partial charge in [0.05, 0.1) is 5.58 Å². The average Bonchev–Trinajstić information content (AvgIpc) is 3.59. The fourth-order valence-corrected chi connectivity index (χ4v) is 5.35. The van der Waals surface area contributed by atoms with Crippen LogP contribution >= 0.6 is 0 Å². The molecule has 8 aromatic rings. The first-order valence-corrected chi connectivity index (χ1v) is 14.3. The molecule has 3 nitrogen and oxygen atoms in total. The number of nitrogens with zero attached hydrogens (tertiary/aromatic N) is 2. The van der Waals surface area contributed by atoms with Crippen LogP contribution in [0.25, 0.3) is 66.4 Å². The minimum atomic E-state index is -2.65. The first-order chi connectivity index (χ1) is 28.4. The molecular weight excluding hydrogens is 753 g/mol. The van der Waals surface area contributed by atoms with E-state index in [2.05, 4.69) is 22.1 Å². The second-order valence-corrected chi connectivity index (χ2v) is 10.6. The van der Waals surface area contributed by atoms with Crippen molar-refractivity contribution in [3.63, 3.8) is 0 Å². The Bertz CT molecular complexity index is 2910. The largest absolute Gasteiger partial charge is 0.500 e. The molecule has 0 aliphatic carbocycles. The van der Waals surface area contributed by atoms with E-state index < -0.39 is 34.3 Å². The van der Waals surface area contributed by atoms with Gasteiger partial charge in [-0.25, -0.2) is 0 Å². The van der Waals surface area contributed by atoms with Crippen molar-refractivity contribution in [2.45, 2.75) is 34.3 Å². The number of hydrogen-bond donors (Lipinski definition) is 0. The van der Waals surface area contributed by atoms with Gasteiger partial charge in [0.25, 0.3) is 0 Å². The Hall–Kier alpha value is -4.89. The SMILES string of the molecule is [2H]C([2H])([2H])c1c[c-]c(-c2cc(C([2H])([2H])[2H])c(C([2H])([2H])[2H])cn2)cc1-c1ccccc1.[2H]C([2H])([2H])c1cnc(-c2[c-]ccc3c2oc2c4ccccc4ccc32)cc1C([2H])([2H])[2H].[Ir]. The maximum absolute atomic E-state index is 7.82. The van der Waals surface area contributed by atoms with Crippen molar-refractivity contribution in [3.05, 3.63) is 155 Å². The van der Waals surface area contributed by atoms with Gasteiger partial charge in [0, 0.05) is 63.8 Å². The van der Waals surface area contributed by atoms with Crippen molar-refractivity contribution in [2.75, 3.05) is 0 Å². The number of fused-ring (bicyclic) bond motifs is 5. The summed E-state index contributed by atoms with van der Waals surface area (Å²) in [4.78, 5) is 8.41. The summed E-state index contributed by atoms with van der Waals surface area (Å²) < 4.78 is 122. The number of hydrogen-bond acceptors (Lipinski definition) is 3. The Balaban J connectivity index is 0.000000204. The Morgan fingerprint density at radius 3 is 2.04 bits per heavy atom. The number of furan rings is 1. The molecule has 4 heteroatoms. The van der Waals surface area contributed by atoms with Gasteiger partial charge in [-0.3, -0.25) is 0 Å². The molecule has 0 spiro atoms. The molecule has 0 aliphatic rings. The summed E-state index contributed by atoms with van der Waals surface area (Å²) in [5.74, 6) is 0. The zero-order valence-corrected chi connectivity index (χ0v) is 27.0. The van der Waals surface area contributed by atoms with Crippen molar-refractivity contribution < 1.29 is 45.1 Å². The third kappa shape index (κ3) is 6.27. The summed E-state index contributed by atoms with van der Waals surface area (Å²) in [7, 11) is 0. The van der Waals surface area contributed by atoms with Crippen LogP contribution in [-0.2, 0) is 20.1 Å². The van der Waals surface area contributed by atoms with Gasteiger partial charge in [-0.05, 0) is 60.9 Å². The Labute approximate surface area is 310 Å². The van der Waals surface area contributed by atoms with E-state index >= 15 is 0 Å². The van der Waals surface area contributed by atoms with E-state index in [9.17, 15) is 0 Å². The van der Waals surface area contributed by atoms with E-state index in [0.717, 1.165) is 39.5 Å². The zero-order valence-electron chi connectivity index (χ0n) is 39.6. The topological polar surface area (TPSA) is 38.9 Å². The third-order valence-electron chi connectivity index (χ3n) is 7.70.